The fourth-order valence-electron chi connectivity index (χ4n) is 3.36. The van der Waals surface area contributed by atoms with Crippen LogP contribution in [0.2, 0.25) is 0 Å². The van der Waals surface area contributed by atoms with Crippen molar-refractivity contribution < 1.29 is 14.3 Å². The summed E-state index contributed by atoms with van der Waals surface area (Å²) >= 11 is 1.56. The number of nitrogens with one attached hydrogen (secondary N) is 1. The zero-order valence-electron chi connectivity index (χ0n) is 16.5. The van der Waals surface area contributed by atoms with Gasteiger partial charge in [0.1, 0.15) is 0 Å². The smallest absolute Gasteiger partial charge is 0.256 e. The summed E-state index contributed by atoms with van der Waals surface area (Å²) in [6.45, 7) is 2.19. The van der Waals surface area contributed by atoms with Crippen molar-refractivity contribution in [2.75, 3.05) is 31.6 Å². The van der Waals surface area contributed by atoms with Gasteiger partial charge >= 0.3 is 0 Å². The summed E-state index contributed by atoms with van der Waals surface area (Å²) in [5.41, 5.74) is 2.95. The zero-order chi connectivity index (χ0) is 20.8. The van der Waals surface area contributed by atoms with Crippen molar-refractivity contribution in [3.05, 3.63) is 81.8 Å². The Morgan fingerprint density at radius 1 is 1.03 bits per heavy atom. The van der Waals surface area contributed by atoms with E-state index in [4.69, 9.17) is 4.74 Å². The van der Waals surface area contributed by atoms with Gasteiger partial charge in [-0.1, -0.05) is 42.5 Å². The Morgan fingerprint density at radius 2 is 1.77 bits per heavy atom. The summed E-state index contributed by atoms with van der Waals surface area (Å²) in [6, 6.07) is 17.3. The van der Waals surface area contributed by atoms with Crippen molar-refractivity contribution in [2.24, 2.45) is 0 Å². The third-order valence-electron chi connectivity index (χ3n) is 4.87. The molecule has 4 rings (SSSR count). The van der Waals surface area contributed by atoms with Crippen LogP contribution in [0.15, 0.2) is 60.0 Å². The van der Waals surface area contributed by atoms with E-state index in [9.17, 15) is 9.59 Å². The summed E-state index contributed by atoms with van der Waals surface area (Å²) in [5, 5.41) is 5.78. The molecule has 1 N–H and O–H groups in total. The number of amides is 2. The van der Waals surface area contributed by atoms with Gasteiger partial charge in [-0.25, -0.2) is 4.98 Å². The molecule has 6 nitrogen and oxygen atoms in total. The van der Waals surface area contributed by atoms with Crippen molar-refractivity contribution in [3.63, 3.8) is 0 Å². The monoisotopic (exact) mass is 421 g/mol. The maximum Gasteiger partial charge on any atom is 0.256 e. The number of thiazole rings is 1. The van der Waals surface area contributed by atoms with Gasteiger partial charge in [0.05, 0.1) is 41.6 Å². The molecule has 1 aliphatic heterocycles. The van der Waals surface area contributed by atoms with Crippen molar-refractivity contribution in [1.82, 2.24) is 9.88 Å². The quantitative estimate of drug-likeness (QED) is 0.662. The fourth-order valence-corrected chi connectivity index (χ4v) is 4.18. The highest BCUT2D eigenvalue weighted by atomic mass is 32.1. The molecule has 0 aliphatic carbocycles. The highest BCUT2D eigenvalue weighted by Gasteiger charge is 2.21. The lowest BCUT2D eigenvalue weighted by atomic mass is 10.1. The van der Waals surface area contributed by atoms with E-state index in [1.165, 1.54) is 5.56 Å². The Labute approximate surface area is 179 Å². The van der Waals surface area contributed by atoms with E-state index in [2.05, 4.69) is 22.4 Å². The second-order valence-electron chi connectivity index (χ2n) is 7.07. The molecule has 0 radical (unpaired) electrons. The lowest BCUT2D eigenvalue weighted by Crippen LogP contribution is -2.41. The predicted molar refractivity (Wildman–Crippen MR) is 117 cm³/mol. The van der Waals surface area contributed by atoms with Gasteiger partial charge in [-0.2, -0.15) is 0 Å². The molecule has 3 aromatic rings. The molecular formula is C23H23N3O3S. The molecular weight excluding hydrogens is 398 g/mol. The molecule has 1 aromatic heterocycles. The second kappa shape index (κ2) is 9.65. The molecule has 2 heterocycles. The topological polar surface area (TPSA) is 71.5 Å². The lowest BCUT2D eigenvalue weighted by molar-refractivity contribution is -0.115. The van der Waals surface area contributed by atoms with Crippen LogP contribution in [-0.2, 0) is 22.4 Å². The first-order chi connectivity index (χ1) is 14.7. The summed E-state index contributed by atoms with van der Waals surface area (Å²) in [7, 11) is 0. The van der Waals surface area contributed by atoms with Gasteiger partial charge in [0.2, 0.25) is 5.91 Å². The van der Waals surface area contributed by atoms with Crippen molar-refractivity contribution >= 4 is 28.8 Å². The van der Waals surface area contributed by atoms with Crippen LogP contribution < -0.4 is 5.32 Å². The minimum absolute atomic E-state index is 0.0898. The van der Waals surface area contributed by atoms with Gasteiger partial charge < -0.3 is 15.0 Å². The van der Waals surface area contributed by atoms with Gasteiger partial charge in [-0.3, -0.25) is 9.59 Å². The molecule has 1 saturated heterocycles. The van der Waals surface area contributed by atoms with Crippen LogP contribution in [0.3, 0.4) is 0 Å². The number of nitrogens with zero attached hydrogens (tertiary/aromatic N) is 2. The Kier molecular flexibility index (Phi) is 6.51. The van der Waals surface area contributed by atoms with E-state index in [-0.39, 0.29) is 18.2 Å². The number of carbonyl (C=O) groups excluding carboxylic acids is 2. The number of morpholine rings is 1. The van der Waals surface area contributed by atoms with Crippen molar-refractivity contribution in [1.29, 1.82) is 0 Å². The van der Waals surface area contributed by atoms with E-state index < -0.39 is 0 Å². The van der Waals surface area contributed by atoms with Crippen LogP contribution in [0.4, 0.5) is 5.69 Å². The van der Waals surface area contributed by atoms with Crippen molar-refractivity contribution in [3.8, 4) is 0 Å². The average Bonchev–Trinajstić information content (AvgIpc) is 3.21. The summed E-state index contributed by atoms with van der Waals surface area (Å²) < 4.78 is 5.32. The first-order valence-electron chi connectivity index (χ1n) is 9.92. The maximum absolute atomic E-state index is 12.8. The molecule has 154 valence electrons. The van der Waals surface area contributed by atoms with Gasteiger partial charge in [-0.05, 0) is 17.7 Å². The molecule has 0 atom stereocenters. The molecule has 7 heteroatoms. The number of hydrogen-bond acceptors (Lipinski definition) is 5. The van der Waals surface area contributed by atoms with Crippen molar-refractivity contribution in [2.45, 2.75) is 12.8 Å². The van der Waals surface area contributed by atoms with Crippen LogP contribution in [0.1, 0.15) is 26.6 Å². The normalized spacial score (nSPS) is 13.8. The van der Waals surface area contributed by atoms with Crippen LogP contribution >= 0.6 is 11.3 Å². The maximum atomic E-state index is 12.8. The van der Waals surface area contributed by atoms with E-state index >= 15 is 0 Å². The summed E-state index contributed by atoms with van der Waals surface area (Å²) in [6.07, 6.45) is 0.926. The Morgan fingerprint density at radius 3 is 2.57 bits per heavy atom. The minimum atomic E-state index is -0.186. The molecule has 0 unspecified atom stereocenters. The van der Waals surface area contributed by atoms with Gasteiger partial charge in [0.25, 0.3) is 5.91 Å². The summed E-state index contributed by atoms with van der Waals surface area (Å²) in [4.78, 5) is 31.8. The molecule has 2 aromatic carbocycles. The standard InChI is InChI=1S/C23H23N3O3S/c27-21(15-18-16-30-22(24-18)14-17-6-2-1-3-7-17)25-20-9-5-4-8-19(20)23(28)26-10-12-29-13-11-26/h1-9,16H,10-15H2,(H,25,27). The number of benzene rings is 2. The highest BCUT2D eigenvalue weighted by molar-refractivity contribution is 7.09. The Hall–Kier alpha value is -3.03. The van der Waals surface area contributed by atoms with Crippen LogP contribution in [0.25, 0.3) is 0 Å². The molecule has 1 aliphatic rings. The average molecular weight is 422 g/mol. The first kappa shape index (κ1) is 20.3. The largest absolute Gasteiger partial charge is 0.378 e. The molecule has 2 amide bonds. The van der Waals surface area contributed by atoms with Gasteiger partial charge in [0, 0.05) is 24.9 Å². The van der Waals surface area contributed by atoms with Crippen LogP contribution in [0, 0.1) is 0 Å². The first-order valence-corrected chi connectivity index (χ1v) is 10.8. The van der Waals surface area contributed by atoms with Crippen LogP contribution in [-0.4, -0.2) is 48.0 Å². The number of aromatic nitrogens is 1. The SMILES string of the molecule is O=C(Cc1csc(Cc2ccccc2)n1)Nc1ccccc1C(=O)N1CCOCC1. The van der Waals surface area contributed by atoms with E-state index in [1.54, 1.807) is 34.4 Å². The highest BCUT2D eigenvalue weighted by Crippen LogP contribution is 2.19. The Balaban J connectivity index is 1.39. The molecule has 1 fully saturated rings. The molecule has 0 bridgehead atoms. The Bertz CT molecular complexity index is 1010. The molecule has 30 heavy (non-hydrogen) atoms. The lowest BCUT2D eigenvalue weighted by Gasteiger charge is -2.27. The summed E-state index contributed by atoms with van der Waals surface area (Å²) in [5.74, 6) is -0.276. The number of hydrogen-bond donors (Lipinski definition) is 1. The number of rotatable bonds is 6. The number of para-hydroxylation sites is 1. The zero-order valence-corrected chi connectivity index (χ0v) is 17.4. The van der Waals surface area contributed by atoms with Gasteiger partial charge in [0.15, 0.2) is 0 Å². The number of anilines is 1. The molecule has 0 spiro atoms. The van der Waals surface area contributed by atoms with E-state index in [1.807, 2.05) is 29.6 Å². The second-order valence-corrected chi connectivity index (χ2v) is 8.01. The number of ether oxygens (including phenoxy) is 1. The third-order valence-corrected chi connectivity index (χ3v) is 5.77. The fraction of sp³-hybridized carbons (Fsp3) is 0.261. The van der Waals surface area contributed by atoms with Gasteiger partial charge in [-0.15, -0.1) is 11.3 Å². The van der Waals surface area contributed by atoms with Crippen LogP contribution in [0.5, 0.6) is 0 Å². The third kappa shape index (κ3) is 5.11. The van der Waals surface area contributed by atoms with E-state index in [0.717, 1.165) is 17.1 Å². The van der Waals surface area contributed by atoms with E-state index in [0.29, 0.717) is 37.6 Å². The minimum Gasteiger partial charge on any atom is -0.378 e. The number of carbonyl (C=O) groups is 2. The predicted octanol–water partition coefficient (Wildman–Crippen LogP) is 3.39. The molecule has 0 saturated carbocycles.